The fourth-order valence-electron chi connectivity index (χ4n) is 2.13. The van der Waals surface area contributed by atoms with Crippen molar-refractivity contribution in [2.24, 2.45) is 0 Å². The molecule has 0 spiro atoms. The maximum atomic E-state index is 5.77. The summed E-state index contributed by atoms with van der Waals surface area (Å²) in [5.74, 6) is 0.798. The van der Waals surface area contributed by atoms with Crippen LogP contribution in [0.15, 0.2) is 67.0 Å². The summed E-state index contributed by atoms with van der Waals surface area (Å²) in [7, 11) is 0. The summed E-state index contributed by atoms with van der Waals surface area (Å²) in [4.78, 5) is 0. The number of hydrogen-bond acceptors (Lipinski definition) is 2. The molecule has 0 aliphatic heterocycles. The van der Waals surface area contributed by atoms with Crippen LogP contribution in [0.3, 0.4) is 0 Å². The second kappa shape index (κ2) is 6.27. The monoisotopic (exact) mass is 278 g/mol. The van der Waals surface area contributed by atoms with Crippen molar-refractivity contribution in [1.82, 2.24) is 9.78 Å². The van der Waals surface area contributed by atoms with Crippen molar-refractivity contribution >= 4 is 0 Å². The molecule has 21 heavy (non-hydrogen) atoms. The van der Waals surface area contributed by atoms with Crippen LogP contribution in [0.5, 0.6) is 5.75 Å². The lowest BCUT2D eigenvalue weighted by molar-refractivity contribution is 0.306. The summed E-state index contributed by atoms with van der Waals surface area (Å²) >= 11 is 0. The van der Waals surface area contributed by atoms with E-state index in [2.05, 4.69) is 48.4 Å². The molecule has 0 aliphatic carbocycles. The normalized spacial score (nSPS) is 10.5. The Hall–Kier alpha value is -2.55. The molecule has 0 unspecified atom stereocenters. The summed E-state index contributed by atoms with van der Waals surface area (Å²) in [5, 5.41) is 4.33. The van der Waals surface area contributed by atoms with Gasteiger partial charge in [-0.05, 0) is 18.1 Å². The van der Waals surface area contributed by atoms with Gasteiger partial charge in [-0.15, -0.1) is 0 Å². The third kappa shape index (κ3) is 3.72. The molecule has 0 aliphatic rings. The summed E-state index contributed by atoms with van der Waals surface area (Å²) in [6.45, 7) is 3.41. The molecule has 0 bridgehead atoms. The van der Waals surface area contributed by atoms with E-state index in [-0.39, 0.29) is 0 Å². The Morgan fingerprint density at radius 1 is 0.952 bits per heavy atom. The fraction of sp³-hybridized carbons (Fsp3) is 0.167. The average molecular weight is 278 g/mol. The van der Waals surface area contributed by atoms with Gasteiger partial charge < -0.3 is 4.74 Å². The van der Waals surface area contributed by atoms with Crippen LogP contribution < -0.4 is 4.74 Å². The Bertz CT molecular complexity index is 687. The van der Waals surface area contributed by atoms with Crippen LogP contribution in [-0.2, 0) is 13.2 Å². The van der Waals surface area contributed by atoms with Gasteiger partial charge in [-0.1, -0.05) is 60.2 Å². The first-order valence-corrected chi connectivity index (χ1v) is 7.04. The molecule has 1 heterocycles. The van der Waals surface area contributed by atoms with Crippen LogP contribution in [0.25, 0.3) is 0 Å². The second-order valence-electron chi connectivity index (χ2n) is 5.13. The molecular formula is C18H18N2O. The largest absolute Gasteiger partial charge is 0.486 e. The van der Waals surface area contributed by atoms with Gasteiger partial charge in [-0.2, -0.15) is 5.10 Å². The highest BCUT2D eigenvalue weighted by molar-refractivity contribution is 5.22. The molecule has 0 saturated heterocycles. The molecular weight excluding hydrogens is 260 g/mol. The Balaban J connectivity index is 1.59. The fourth-order valence-corrected chi connectivity index (χ4v) is 2.13. The van der Waals surface area contributed by atoms with Gasteiger partial charge >= 0.3 is 0 Å². The molecule has 0 atom stereocenters. The van der Waals surface area contributed by atoms with Crippen molar-refractivity contribution in [2.45, 2.75) is 20.1 Å². The van der Waals surface area contributed by atoms with Crippen molar-refractivity contribution < 1.29 is 4.74 Å². The zero-order valence-corrected chi connectivity index (χ0v) is 12.1. The van der Waals surface area contributed by atoms with Gasteiger partial charge in [0.25, 0.3) is 0 Å². The molecule has 3 heteroatoms. The molecule has 1 aromatic heterocycles. The first-order chi connectivity index (χ1) is 10.3. The summed E-state index contributed by atoms with van der Waals surface area (Å²) in [5.41, 5.74) is 3.65. The Morgan fingerprint density at radius 3 is 2.48 bits per heavy atom. The van der Waals surface area contributed by atoms with E-state index in [1.54, 1.807) is 6.20 Å². The Kier molecular flexibility index (Phi) is 4.01. The summed E-state index contributed by atoms with van der Waals surface area (Å²) in [6, 6.07) is 18.6. The SMILES string of the molecule is Cc1ccc(COc2cnn(Cc3ccccc3)c2)cc1. The molecule has 0 radical (unpaired) electrons. The number of benzene rings is 2. The topological polar surface area (TPSA) is 27.1 Å². The number of hydrogen-bond donors (Lipinski definition) is 0. The van der Waals surface area contributed by atoms with Gasteiger partial charge in [-0.3, -0.25) is 4.68 Å². The highest BCUT2D eigenvalue weighted by Gasteiger charge is 2.01. The van der Waals surface area contributed by atoms with Crippen LogP contribution >= 0.6 is 0 Å². The zero-order valence-electron chi connectivity index (χ0n) is 12.1. The van der Waals surface area contributed by atoms with Crippen LogP contribution in [0.4, 0.5) is 0 Å². The standard InChI is InChI=1S/C18H18N2O/c1-15-7-9-17(10-8-15)14-21-18-11-19-20(13-18)12-16-5-3-2-4-6-16/h2-11,13H,12,14H2,1H3. The van der Waals surface area contributed by atoms with Crippen molar-refractivity contribution in [1.29, 1.82) is 0 Å². The van der Waals surface area contributed by atoms with Gasteiger partial charge in [0.15, 0.2) is 5.75 Å². The third-order valence-electron chi connectivity index (χ3n) is 3.32. The number of rotatable bonds is 5. The van der Waals surface area contributed by atoms with Crippen LogP contribution in [-0.4, -0.2) is 9.78 Å². The maximum Gasteiger partial charge on any atom is 0.157 e. The second-order valence-corrected chi connectivity index (χ2v) is 5.13. The van der Waals surface area contributed by atoms with Gasteiger partial charge in [0, 0.05) is 0 Å². The predicted octanol–water partition coefficient (Wildman–Crippen LogP) is 3.82. The molecule has 0 N–H and O–H groups in total. The molecule has 0 fully saturated rings. The zero-order chi connectivity index (χ0) is 14.5. The van der Waals surface area contributed by atoms with Gasteiger partial charge in [0.1, 0.15) is 6.61 Å². The van der Waals surface area contributed by atoms with E-state index in [1.807, 2.05) is 29.1 Å². The van der Waals surface area contributed by atoms with Gasteiger partial charge in [-0.25, -0.2) is 0 Å². The number of aromatic nitrogens is 2. The highest BCUT2D eigenvalue weighted by atomic mass is 16.5. The van der Waals surface area contributed by atoms with Crippen LogP contribution in [0, 0.1) is 6.92 Å². The number of ether oxygens (including phenoxy) is 1. The van der Waals surface area contributed by atoms with Crippen LogP contribution in [0.1, 0.15) is 16.7 Å². The van der Waals surface area contributed by atoms with Crippen molar-refractivity contribution in [3.63, 3.8) is 0 Å². The summed E-state index contributed by atoms with van der Waals surface area (Å²) < 4.78 is 7.66. The smallest absolute Gasteiger partial charge is 0.157 e. The minimum atomic E-state index is 0.567. The molecule has 3 aromatic rings. The number of nitrogens with zero attached hydrogens (tertiary/aromatic N) is 2. The van der Waals surface area contributed by atoms with E-state index in [1.165, 1.54) is 11.1 Å². The summed E-state index contributed by atoms with van der Waals surface area (Å²) in [6.07, 6.45) is 3.69. The minimum Gasteiger partial charge on any atom is -0.486 e. The van der Waals surface area contributed by atoms with E-state index < -0.39 is 0 Å². The van der Waals surface area contributed by atoms with Crippen molar-refractivity contribution in [2.75, 3.05) is 0 Å². The molecule has 106 valence electrons. The van der Waals surface area contributed by atoms with E-state index in [9.17, 15) is 0 Å². The van der Waals surface area contributed by atoms with E-state index in [0.717, 1.165) is 17.9 Å². The highest BCUT2D eigenvalue weighted by Crippen LogP contribution is 2.13. The van der Waals surface area contributed by atoms with E-state index in [4.69, 9.17) is 4.74 Å². The molecule has 0 saturated carbocycles. The average Bonchev–Trinajstić information content (AvgIpc) is 2.95. The quantitative estimate of drug-likeness (QED) is 0.709. The van der Waals surface area contributed by atoms with Gasteiger partial charge in [0.2, 0.25) is 0 Å². The lowest BCUT2D eigenvalue weighted by Crippen LogP contribution is -1.99. The van der Waals surface area contributed by atoms with Crippen molar-refractivity contribution in [3.8, 4) is 5.75 Å². The van der Waals surface area contributed by atoms with E-state index in [0.29, 0.717) is 6.61 Å². The van der Waals surface area contributed by atoms with Crippen LogP contribution in [0.2, 0.25) is 0 Å². The molecule has 2 aromatic carbocycles. The lowest BCUT2D eigenvalue weighted by Gasteiger charge is -2.04. The maximum absolute atomic E-state index is 5.77. The predicted molar refractivity (Wildman–Crippen MR) is 83.3 cm³/mol. The van der Waals surface area contributed by atoms with Crippen molar-refractivity contribution in [3.05, 3.63) is 83.7 Å². The van der Waals surface area contributed by atoms with E-state index >= 15 is 0 Å². The first-order valence-electron chi connectivity index (χ1n) is 7.04. The molecule has 0 amide bonds. The lowest BCUT2D eigenvalue weighted by atomic mass is 10.2. The molecule has 3 nitrogen and oxygen atoms in total. The Morgan fingerprint density at radius 2 is 1.71 bits per heavy atom. The van der Waals surface area contributed by atoms with Gasteiger partial charge in [0.05, 0.1) is 18.9 Å². The third-order valence-corrected chi connectivity index (χ3v) is 3.32. The minimum absolute atomic E-state index is 0.567. The Labute approximate surface area is 124 Å². The molecule has 3 rings (SSSR count). The number of aryl methyl sites for hydroxylation is 1. The first kappa shape index (κ1) is 13.4.